The zero-order chi connectivity index (χ0) is 13.2. The summed E-state index contributed by atoms with van der Waals surface area (Å²) in [6.07, 6.45) is 1.10. The highest BCUT2D eigenvalue weighted by Crippen LogP contribution is 2.43. The van der Waals surface area contributed by atoms with Gasteiger partial charge >= 0.3 is 0 Å². The summed E-state index contributed by atoms with van der Waals surface area (Å²) >= 11 is 3.76. The molecule has 0 radical (unpaired) electrons. The Morgan fingerprint density at radius 2 is 2.16 bits per heavy atom. The Hall–Kier alpha value is -0.840. The molecule has 2 heterocycles. The maximum atomic E-state index is 13.6. The molecule has 0 bridgehead atoms. The van der Waals surface area contributed by atoms with Crippen LogP contribution in [0.25, 0.3) is 0 Å². The summed E-state index contributed by atoms with van der Waals surface area (Å²) in [7, 11) is 0. The van der Waals surface area contributed by atoms with Gasteiger partial charge in [0, 0.05) is 23.4 Å². The van der Waals surface area contributed by atoms with E-state index in [1.807, 2.05) is 23.9 Å². The van der Waals surface area contributed by atoms with Gasteiger partial charge in [0.05, 0.1) is 4.21 Å². The molecule has 0 saturated heterocycles. The predicted molar refractivity (Wildman–Crippen MR) is 80.2 cm³/mol. The Bertz CT molecular complexity index is 567. The Labute approximate surface area is 121 Å². The summed E-state index contributed by atoms with van der Waals surface area (Å²) in [6, 6.07) is 9.52. The summed E-state index contributed by atoms with van der Waals surface area (Å²) in [4.78, 5) is 0. The number of thiophene rings is 1. The van der Waals surface area contributed by atoms with Crippen molar-refractivity contribution >= 4 is 23.1 Å². The van der Waals surface area contributed by atoms with Crippen LogP contribution in [-0.2, 0) is 6.54 Å². The first-order valence-corrected chi connectivity index (χ1v) is 8.21. The minimum absolute atomic E-state index is 0.126. The second-order valence-corrected chi connectivity index (χ2v) is 7.48. The molecule has 1 aliphatic heterocycles. The SMILES string of the molecule is C[C@H]1CC(NCc2ccccc2F)c2ccsc2S1. The first kappa shape index (κ1) is 13.2. The standard InChI is InChI=1S/C15H16FNS2/c1-10-8-14(12-6-7-18-15(12)19-10)17-9-11-4-2-3-5-13(11)16/h2-7,10,14,17H,8-9H2,1H3/t10-,14?/m0/s1. The maximum absolute atomic E-state index is 13.6. The lowest BCUT2D eigenvalue weighted by molar-refractivity contribution is 0.478. The number of benzene rings is 1. The third-order valence-electron chi connectivity index (χ3n) is 3.41. The fourth-order valence-corrected chi connectivity index (χ4v) is 4.98. The van der Waals surface area contributed by atoms with Gasteiger partial charge in [-0.15, -0.1) is 23.1 Å². The summed E-state index contributed by atoms with van der Waals surface area (Å²) < 4.78 is 15.0. The van der Waals surface area contributed by atoms with Gasteiger partial charge < -0.3 is 5.32 Å². The van der Waals surface area contributed by atoms with Crippen LogP contribution in [0.5, 0.6) is 0 Å². The number of hydrogen-bond acceptors (Lipinski definition) is 3. The third kappa shape index (κ3) is 2.86. The number of fused-ring (bicyclic) bond motifs is 1. The smallest absolute Gasteiger partial charge is 0.127 e. The van der Waals surface area contributed by atoms with E-state index in [9.17, 15) is 4.39 Å². The van der Waals surface area contributed by atoms with Crippen LogP contribution in [0, 0.1) is 5.82 Å². The van der Waals surface area contributed by atoms with Gasteiger partial charge in [-0.2, -0.15) is 0 Å². The van der Waals surface area contributed by atoms with Gasteiger partial charge in [-0.25, -0.2) is 4.39 Å². The molecule has 0 amide bonds. The zero-order valence-corrected chi connectivity index (χ0v) is 12.4. The van der Waals surface area contributed by atoms with Gasteiger partial charge in [-0.1, -0.05) is 25.1 Å². The van der Waals surface area contributed by atoms with Gasteiger partial charge in [0.15, 0.2) is 0 Å². The Morgan fingerprint density at radius 3 is 3.00 bits per heavy atom. The lowest BCUT2D eigenvalue weighted by atomic mass is 10.0. The van der Waals surface area contributed by atoms with E-state index >= 15 is 0 Å². The highest BCUT2D eigenvalue weighted by Gasteiger charge is 2.25. The highest BCUT2D eigenvalue weighted by molar-refractivity contribution is 8.01. The molecule has 2 aromatic rings. The number of nitrogens with one attached hydrogen (secondary N) is 1. The summed E-state index contributed by atoms with van der Waals surface area (Å²) in [6.45, 7) is 2.84. The van der Waals surface area contributed by atoms with Gasteiger partial charge in [-0.05, 0) is 29.5 Å². The molecule has 4 heteroatoms. The molecule has 0 fully saturated rings. The Kier molecular flexibility index (Phi) is 3.91. The molecule has 1 N–H and O–H groups in total. The van der Waals surface area contributed by atoms with E-state index in [1.165, 1.54) is 15.8 Å². The molecule has 2 atom stereocenters. The normalized spacial score (nSPS) is 22.2. The van der Waals surface area contributed by atoms with E-state index < -0.39 is 0 Å². The number of hydrogen-bond donors (Lipinski definition) is 1. The van der Waals surface area contributed by atoms with Crippen molar-refractivity contribution in [2.45, 2.75) is 35.4 Å². The summed E-state index contributed by atoms with van der Waals surface area (Å²) in [5.74, 6) is -0.126. The van der Waals surface area contributed by atoms with Gasteiger partial charge in [0.1, 0.15) is 5.82 Å². The van der Waals surface area contributed by atoms with Gasteiger partial charge in [0.2, 0.25) is 0 Å². The highest BCUT2D eigenvalue weighted by atomic mass is 32.2. The summed E-state index contributed by atoms with van der Waals surface area (Å²) in [5, 5.41) is 6.27. The number of thioether (sulfide) groups is 1. The lowest BCUT2D eigenvalue weighted by Crippen LogP contribution is -2.26. The van der Waals surface area contributed by atoms with E-state index in [0.29, 0.717) is 17.8 Å². The van der Waals surface area contributed by atoms with Crippen LogP contribution in [0.4, 0.5) is 4.39 Å². The molecule has 1 nitrogen and oxygen atoms in total. The molecule has 1 aromatic heterocycles. The second kappa shape index (κ2) is 5.65. The van der Waals surface area contributed by atoms with Crippen LogP contribution < -0.4 is 5.32 Å². The van der Waals surface area contributed by atoms with Crippen molar-refractivity contribution in [3.63, 3.8) is 0 Å². The fourth-order valence-electron chi connectivity index (χ4n) is 2.42. The first-order chi connectivity index (χ1) is 9.24. The molecular formula is C15H16FNS2. The lowest BCUT2D eigenvalue weighted by Gasteiger charge is -2.27. The zero-order valence-electron chi connectivity index (χ0n) is 10.7. The van der Waals surface area contributed by atoms with E-state index in [2.05, 4.69) is 23.7 Å². The maximum Gasteiger partial charge on any atom is 0.127 e. The quantitative estimate of drug-likeness (QED) is 0.887. The third-order valence-corrected chi connectivity index (χ3v) is 5.75. The minimum atomic E-state index is -0.126. The van der Waals surface area contributed by atoms with Crippen molar-refractivity contribution in [3.05, 3.63) is 52.7 Å². The topological polar surface area (TPSA) is 12.0 Å². The average Bonchev–Trinajstić information content (AvgIpc) is 2.85. The average molecular weight is 293 g/mol. The van der Waals surface area contributed by atoms with Gasteiger partial charge in [0.25, 0.3) is 0 Å². The van der Waals surface area contributed by atoms with E-state index in [1.54, 1.807) is 17.4 Å². The fraction of sp³-hybridized carbons (Fsp3) is 0.333. The van der Waals surface area contributed by atoms with Crippen molar-refractivity contribution in [2.75, 3.05) is 0 Å². The largest absolute Gasteiger partial charge is 0.306 e. The van der Waals surface area contributed by atoms with Crippen LogP contribution in [-0.4, -0.2) is 5.25 Å². The molecule has 1 aliphatic rings. The molecule has 1 unspecified atom stereocenters. The van der Waals surface area contributed by atoms with E-state index in [0.717, 1.165) is 12.0 Å². The molecule has 0 spiro atoms. The Morgan fingerprint density at radius 1 is 1.32 bits per heavy atom. The van der Waals surface area contributed by atoms with Crippen LogP contribution >= 0.6 is 23.1 Å². The van der Waals surface area contributed by atoms with Crippen LogP contribution in [0.2, 0.25) is 0 Å². The van der Waals surface area contributed by atoms with E-state index in [4.69, 9.17) is 0 Å². The number of rotatable bonds is 3. The molecule has 3 rings (SSSR count). The molecule has 1 aromatic carbocycles. The van der Waals surface area contributed by atoms with Crippen molar-refractivity contribution in [3.8, 4) is 0 Å². The molecule has 0 saturated carbocycles. The first-order valence-electron chi connectivity index (χ1n) is 6.45. The van der Waals surface area contributed by atoms with Crippen molar-refractivity contribution in [1.29, 1.82) is 0 Å². The van der Waals surface area contributed by atoms with Crippen molar-refractivity contribution in [1.82, 2.24) is 5.32 Å². The van der Waals surface area contributed by atoms with Gasteiger partial charge in [-0.3, -0.25) is 0 Å². The number of halogens is 1. The van der Waals surface area contributed by atoms with Crippen LogP contribution in [0.3, 0.4) is 0 Å². The van der Waals surface area contributed by atoms with Crippen LogP contribution in [0.15, 0.2) is 39.9 Å². The predicted octanol–water partition coefficient (Wildman–Crippen LogP) is 4.60. The second-order valence-electron chi connectivity index (χ2n) is 4.85. The summed E-state index contributed by atoms with van der Waals surface area (Å²) in [5.41, 5.74) is 2.12. The molecule has 19 heavy (non-hydrogen) atoms. The van der Waals surface area contributed by atoms with Crippen molar-refractivity contribution < 1.29 is 4.39 Å². The minimum Gasteiger partial charge on any atom is -0.306 e. The molecule has 100 valence electrons. The van der Waals surface area contributed by atoms with Crippen LogP contribution in [0.1, 0.15) is 30.5 Å². The van der Waals surface area contributed by atoms with Crippen molar-refractivity contribution in [2.24, 2.45) is 0 Å². The molecular weight excluding hydrogens is 277 g/mol. The Balaban J connectivity index is 1.73. The van der Waals surface area contributed by atoms with E-state index in [-0.39, 0.29) is 5.82 Å². The molecule has 0 aliphatic carbocycles. The monoisotopic (exact) mass is 293 g/mol.